The van der Waals surface area contributed by atoms with Gasteiger partial charge in [0.25, 0.3) is 5.91 Å². The van der Waals surface area contributed by atoms with Crippen LogP contribution in [0.15, 0.2) is 53.4 Å². The van der Waals surface area contributed by atoms with Crippen LogP contribution in [0.5, 0.6) is 5.75 Å². The van der Waals surface area contributed by atoms with Crippen LogP contribution in [0.1, 0.15) is 13.8 Å². The van der Waals surface area contributed by atoms with Gasteiger partial charge in [0.1, 0.15) is 11.0 Å². The molecule has 138 valence electrons. The van der Waals surface area contributed by atoms with E-state index in [9.17, 15) is 9.59 Å². The van der Waals surface area contributed by atoms with Crippen molar-refractivity contribution in [2.45, 2.75) is 30.1 Å². The molecule has 5 nitrogen and oxygen atoms in total. The predicted octanol–water partition coefficient (Wildman–Crippen LogP) is 4.40. The highest BCUT2D eigenvalue weighted by Gasteiger charge is 2.23. The molecule has 0 spiro atoms. The Balaban J connectivity index is 1.94. The summed E-state index contributed by atoms with van der Waals surface area (Å²) in [6.07, 6.45) is -0.954. The topological polar surface area (TPSA) is 64.6 Å². The van der Waals surface area contributed by atoms with Crippen LogP contribution in [0.25, 0.3) is 0 Å². The maximum absolute atomic E-state index is 12.3. The molecule has 2 atom stereocenters. The second-order valence-electron chi connectivity index (χ2n) is 5.49. The van der Waals surface area contributed by atoms with E-state index in [2.05, 4.69) is 5.32 Å². The number of benzene rings is 2. The van der Waals surface area contributed by atoms with E-state index in [1.54, 1.807) is 25.1 Å². The zero-order valence-electron chi connectivity index (χ0n) is 14.7. The molecule has 26 heavy (non-hydrogen) atoms. The molecule has 0 radical (unpaired) electrons. The summed E-state index contributed by atoms with van der Waals surface area (Å²) in [6.45, 7) is 3.26. The molecule has 1 N–H and O–H groups in total. The first kappa shape index (κ1) is 20.1. The molecular formula is C19H20ClNO4S. The Kier molecular flexibility index (Phi) is 7.36. The number of carbonyl (C=O) groups excluding carboxylic acids is 2. The molecule has 0 saturated carbocycles. The molecule has 0 heterocycles. The van der Waals surface area contributed by atoms with Crippen LogP contribution in [-0.2, 0) is 14.3 Å². The maximum atomic E-state index is 12.3. The number of anilines is 1. The van der Waals surface area contributed by atoms with Gasteiger partial charge in [-0.2, -0.15) is 0 Å². The SMILES string of the molecule is COc1ccc(Cl)cc1NC(=O)[C@H](C)OC(=O)[C@H](C)Sc1ccccc1. The third-order valence-corrected chi connectivity index (χ3v) is 4.79. The molecule has 0 aromatic heterocycles. The lowest BCUT2D eigenvalue weighted by Gasteiger charge is -2.17. The first-order valence-corrected chi connectivity index (χ1v) is 9.23. The van der Waals surface area contributed by atoms with E-state index >= 15 is 0 Å². The Morgan fingerprint density at radius 2 is 1.81 bits per heavy atom. The number of amides is 1. The molecule has 1 amide bonds. The van der Waals surface area contributed by atoms with Crippen LogP contribution < -0.4 is 10.1 Å². The summed E-state index contributed by atoms with van der Waals surface area (Å²) in [7, 11) is 1.49. The molecule has 0 bridgehead atoms. The Labute approximate surface area is 162 Å². The van der Waals surface area contributed by atoms with Gasteiger partial charge in [-0.1, -0.05) is 29.8 Å². The molecule has 0 aliphatic heterocycles. The summed E-state index contributed by atoms with van der Waals surface area (Å²) in [6, 6.07) is 14.4. The minimum Gasteiger partial charge on any atom is -0.495 e. The van der Waals surface area contributed by atoms with E-state index in [1.165, 1.54) is 25.8 Å². The molecule has 0 fully saturated rings. The summed E-state index contributed by atoms with van der Waals surface area (Å²) < 4.78 is 10.5. The fourth-order valence-corrected chi connectivity index (χ4v) is 3.13. The summed E-state index contributed by atoms with van der Waals surface area (Å²) >= 11 is 7.32. The highest BCUT2D eigenvalue weighted by Crippen LogP contribution is 2.28. The van der Waals surface area contributed by atoms with Crippen LogP contribution in [0.2, 0.25) is 5.02 Å². The molecule has 0 aliphatic rings. The highest BCUT2D eigenvalue weighted by molar-refractivity contribution is 8.00. The minimum atomic E-state index is -0.954. The third-order valence-electron chi connectivity index (χ3n) is 3.47. The van der Waals surface area contributed by atoms with E-state index in [0.29, 0.717) is 16.5 Å². The number of halogens is 1. The summed E-state index contributed by atoms with van der Waals surface area (Å²) in [4.78, 5) is 25.5. The molecule has 2 aromatic rings. The number of thioether (sulfide) groups is 1. The average Bonchev–Trinajstić information content (AvgIpc) is 2.62. The Hall–Kier alpha value is -2.18. The van der Waals surface area contributed by atoms with Crippen molar-refractivity contribution < 1.29 is 19.1 Å². The van der Waals surface area contributed by atoms with Crippen molar-refractivity contribution in [1.82, 2.24) is 0 Å². The Morgan fingerprint density at radius 3 is 2.46 bits per heavy atom. The smallest absolute Gasteiger partial charge is 0.319 e. The van der Waals surface area contributed by atoms with Gasteiger partial charge in [-0.15, -0.1) is 11.8 Å². The fraction of sp³-hybridized carbons (Fsp3) is 0.263. The fourth-order valence-electron chi connectivity index (χ4n) is 2.09. The maximum Gasteiger partial charge on any atom is 0.319 e. The zero-order chi connectivity index (χ0) is 19.1. The van der Waals surface area contributed by atoms with Gasteiger partial charge >= 0.3 is 5.97 Å². The second-order valence-corrected chi connectivity index (χ2v) is 7.34. The van der Waals surface area contributed by atoms with Crippen LogP contribution >= 0.6 is 23.4 Å². The predicted molar refractivity (Wildman–Crippen MR) is 104 cm³/mol. The van der Waals surface area contributed by atoms with Gasteiger partial charge in [-0.25, -0.2) is 0 Å². The molecule has 0 unspecified atom stereocenters. The molecule has 2 aromatic carbocycles. The highest BCUT2D eigenvalue weighted by atomic mass is 35.5. The van der Waals surface area contributed by atoms with Crippen molar-refractivity contribution in [3.05, 3.63) is 53.6 Å². The van der Waals surface area contributed by atoms with Crippen molar-refractivity contribution in [1.29, 1.82) is 0 Å². The second kappa shape index (κ2) is 9.50. The lowest BCUT2D eigenvalue weighted by Crippen LogP contribution is -2.32. The molecular weight excluding hydrogens is 374 g/mol. The number of esters is 1. The van der Waals surface area contributed by atoms with Gasteiger partial charge < -0.3 is 14.8 Å². The largest absolute Gasteiger partial charge is 0.495 e. The molecule has 2 rings (SSSR count). The monoisotopic (exact) mass is 393 g/mol. The van der Waals surface area contributed by atoms with E-state index in [0.717, 1.165) is 4.90 Å². The van der Waals surface area contributed by atoms with Crippen LogP contribution in [0.3, 0.4) is 0 Å². The first-order chi connectivity index (χ1) is 12.4. The summed E-state index contributed by atoms with van der Waals surface area (Å²) in [5.41, 5.74) is 0.416. The van der Waals surface area contributed by atoms with E-state index < -0.39 is 23.2 Å². The quantitative estimate of drug-likeness (QED) is 0.558. The number of ether oxygens (including phenoxy) is 2. The van der Waals surface area contributed by atoms with Crippen molar-refractivity contribution >= 4 is 40.9 Å². The van der Waals surface area contributed by atoms with Crippen LogP contribution in [-0.4, -0.2) is 30.3 Å². The van der Waals surface area contributed by atoms with Gasteiger partial charge in [0.2, 0.25) is 0 Å². The number of carbonyl (C=O) groups is 2. The lowest BCUT2D eigenvalue weighted by atomic mass is 10.2. The van der Waals surface area contributed by atoms with E-state index in [4.69, 9.17) is 21.1 Å². The Bertz CT molecular complexity index is 769. The van der Waals surface area contributed by atoms with Gasteiger partial charge in [0.05, 0.1) is 12.8 Å². The number of hydrogen-bond donors (Lipinski definition) is 1. The normalized spacial score (nSPS) is 12.8. The number of nitrogens with one attached hydrogen (secondary N) is 1. The lowest BCUT2D eigenvalue weighted by molar-refractivity contribution is -0.152. The average molecular weight is 394 g/mol. The third kappa shape index (κ3) is 5.68. The van der Waals surface area contributed by atoms with Gasteiger partial charge in [0, 0.05) is 9.92 Å². The standard InChI is InChI=1S/C19H20ClNO4S/c1-12(18(22)21-16-11-14(20)9-10-17(16)24-3)25-19(23)13(2)26-15-7-5-4-6-8-15/h4-13H,1-3H3,(H,21,22)/t12-,13-/m0/s1. The minimum absolute atomic E-state index is 0.416. The van der Waals surface area contributed by atoms with Crippen LogP contribution in [0.4, 0.5) is 5.69 Å². The van der Waals surface area contributed by atoms with Crippen LogP contribution in [0, 0.1) is 0 Å². The van der Waals surface area contributed by atoms with Gasteiger partial charge in [-0.3, -0.25) is 9.59 Å². The van der Waals surface area contributed by atoms with Crippen molar-refractivity contribution in [3.63, 3.8) is 0 Å². The van der Waals surface area contributed by atoms with E-state index in [-0.39, 0.29) is 0 Å². The molecule has 0 saturated heterocycles. The molecule has 7 heteroatoms. The molecule has 0 aliphatic carbocycles. The Morgan fingerprint density at radius 1 is 1.12 bits per heavy atom. The summed E-state index contributed by atoms with van der Waals surface area (Å²) in [5, 5.41) is 2.68. The number of hydrogen-bond acceptors (Lipinski definition) is 5. The first-order valence-electron chi connectivity index (χ1n) is 7.97. The van der Waals surface area contributed by atoms with Gasteiger partial charge in [-0.05, 0) is 44.2 Å². The van der Waals surface area contributed by atoms with Crippen molar-refractivity contribution in [2.75, 3.05) is 12.4 Å². The van der Waals surface area contributed by atoms with Crippen molar-refractivity contribution in [2.24, 2.45) is 0 Å². The summed E-state index contributed by atoms with van der Waals surface area (Å²) in [5.74, 6) is -0.454. The zero-order valence-corrected chi connectivity index (χ0v) is 16.3. The number of methoxy groups -OCH3 is 1. The van der Waals surface area contributed by atoms with Crippen molar-refractivity contribution in [3.8, 4) is 5.75 Å². The van der Waals surface area contributed by atoms with Gasteiger partial charge in [0.15, 0.2) is 6.10 Å². The number of rotatable bonds is 7. The van der Waals surface area contributed by atoms with E-state index in [1.807, 2.05) is 30.3 Å².